The lowest BCUT2D eigenvalue weighted by atomic mass is 9.67. The number of hydrogen-bond donors (Lipinski definition) is 1. The molecular weight excluding hydrogens is 258 g/mol. The molecule has 1 aromatic carbocycles. The largest absolute Gasteiger partial charge is 0.381 e. The van der Waals surface area contributed by atoms with Crippen molar-refractivity contribution in [3.63, 3.8) is 0 Å². The van der Waals surface area contributed by atoms with Gasteiger partial charge in [0.2, 0.25) is 0 Å². The van der Waals surface area contributed by atoms with Gasteiger partial charge in [0, 0.05) is 31.1 Å². The molecule has 1 atom stereocenters. The van der Waals surface area contributed by atoms with E-state index in [1.54, 1.807) is 0 Å². The smallest absolute Gasteiger partial charge is 0.0475 e. The number of hydrogen-bond acceptors (Lipinski definition) is 2. The van der Waals surface area contributed by atoms with E-state index >= 15 is 0 Å². The van der Waals surface area contributed by atoms with E-state index in [0.29, 0.717) is 6.04 Å². The van der Waals surface area contributed by atoms with E-state index in [1.807, 2.05) is 0 Å². The van der Waals surface area contributed by atoms with Crippen LogP contribution in [0.4, 0.5) is 0 Å². The summed E-state index contributed by atoms with van der Waals surface area (Å²) < 4.78 is 5.64. The van der Waals surface area contributed by atoms with Crippen LogP contribution >= 0.6 is 0 Å². The van der Waals surface area contributed by atoms with Crippen LogP contribution in [-0.4, -0.2) is 25.8 Å². The van der Waals surface area contributed by atoms with Gasteiger partial charge >= 0.3 is 0 Å². The zero-order valence-electron chi connectivity index (χ0n) is 13.1. The maximum absolute atomic E-state index is 5.64. The fraction of sp³-hybridized carbons (Fsp3) is 0.579. The maximum Gasteiger partial charge on any atom is 0.0475 e. The van der Waals surface area contributed by atoms with E-state index < -0.39 is 0 Å². The minimum atomic E-state index is 0.158. The summed E-state index contributed by atoms with van der Waals surface area (Å²) in [6.45, 7) is 4.94. The van der Waals surface area contributed by atoms with E-state index in [9.17, 15) is 0 Å². The third-order valence-electron chi connectivity index (χ3n) is 4.62. The molecule has 2 heteroatoms. The second-order valence-corrected chi connectivity index (χ2v) is 5.88. The number of terminal acetylenes is 1. The van der Waals surface area contributed by atoms with Crippen LogP contribution in [0.1, 0.15) is 44.6 Å². The van der Waals surface area contributed by atoms with Gasteiger partial charge in [0.05, 0.1) is 0 Å². The normalized spacial score (nSPS) is 18.9. The van der Waals surface area contributed by atoms with Crippen molar-refractivity contribution >= 4 is 0 Å². The highest BCUT2D eigenvalue weighted by Crippen LogP contribution is 2.39. The van der Waals surface area contributed by atoms with Crippen molar-refractivity contribution in [1.29, 1.82) is 0 Å². The van der Waals surface area contributed by atoms with Crippen molar-refractivity contribution < 1.29 is 4.74 Å². The maximum atomic E-state index is 5.64. The van der Waals surface area contributed by atoms with Crippen molar-refractivity contribution in [3.05, 3.63) is 35.9 Å². The predicted octanol–water partition coefficient (Wildman–Crippen LogP) is 3.52. The van der Waals surface area contributed by atoms with Gasteiger partial charge in [0.15, 0.2) is 0 Å². The van der Waals surface area contributed by atoms with Gasteiger partial charge in [-0.1, -0.05) is 37.3 Å². The molecule has 0 amide bonds. The number of benzene rings is 1. The molecule has 0 radical (unpaired) electrons. The van der Waals surface area contributed by atoms with Gasteiger partial charge in [0.1, 0.15) is 0 Å². The average molecular weight is 285 g/mol. The summed E-state index contributed by atoms with van der Waals surface area (Å²) >= 11 is 0. The van der Waals surface area contributed by atoms with E-state index in [-0.39, 0.29) is 5.41 Å². The SMILES string of the molecule is C#CCCC(NCCC)C1(c2ccccc2)CCOCC1. The first-order valence-corrected chi connectivity index (χ1v) is 8.13. The molecule has 1 N–H and O–H groups in total. The molecule has 2 nitrogen and oxygen atoms in total. The Morgan fingerprint density at radius 2 is 2.00 bits per heavy atom. The van der Waals surface area contributed by atoms with E-state index in [4.69, 9.17) is 11.2 Å². The van der Waals surface area contributed by atoms with E-state index in [2.05, 4.69) is 48.5 Å². The monoisotopic (exact) mass is 285 g/mol. The highest BCUT2D eigenvalue weighted by Gasteiger charge is 2.40. The molecule has 114 valence electrons. The van der Waals surface area contributed by atoms with Gasteiger partial charge in [0.25, 0.3) is 0 Å². The lowest BCUT2D eigenvalue weighted by molar-refractivity contribution is 0.0332. The van der Waals surface area contributed by atoms with Gasteiger partial charge < -0.3 is 10.1 Å². The van der Waals surface area contributed by atoms with Crippen LogP contribution in [0.25, 0.3) is 0 Å². The lowest BCUT2D eigenvalue weighted by Gasteiger charge is -2.44. The van der Waals surface area contributed by atoms with Crippen molar-refractivity contribution in [2.45, 2.75) is 50.5 Å². The van der Waals surface area contributed by atoms with Gasteiger partial charge in [-0.2, -0.15) is 0 Å². The predicted molar refractivity (Wildman–Crippen MR) is 88.3 cm³/mol. The molecule has 0 spiro atoms. The lowest BCUT2D eigenvalue weighted by Crippen LogP contribution is -2.51. The fourth-order valence-corrected chi connectivity index (χ4v) is 3.46. The second kappa shape index (κ2) is 8.22. The summed E-state index contributed by atoms with van der Waals surface area (Å²) in [6.07, 6.45) is 10.7. The Morgan fingerprint density at radius 3 is 2.62 bits per heavy atom. The zero-order chi connectivity index (χ0) is 15.0. The van der Waals surface area contributed by atoms with Crippen LogP contribution in [0.2, 0.25) is 0 Å². The zero-order valence-corrected chi connectivity index (χ0v) is 13.1. The second-order valence-electron chi connectivity index (χ2n) is 5.88. The van der Waals surface area contributed by atoms with Gasteiger partial charge in [-0.25, -0.2) is 0 Å². The topological polar surface area (TPSA) is 21.3 Å². The molecule has 1 unspecified atom stereocenters. The molecule has 0 saturated carbocycles. The summed E-state index contributed by atoms with van der Waals surface area (Å²) in [5.41, 5.74) is 1.59. The van der Waals surface area contributed by atoms with Gasteiger partial charge in [-0.3, -0.25) is 0 Å². The summed E-state index contributed by atoms with van der Waals surface area (Å²) in [4.78, 5) is 0. The van der Waals surface area contributed by atoms with Crippen LogP contribution in [0.5, 0.6) is 0 Å². The molecule has 1 aromatic rings. The molecule has 1 aliphatic rings. The Bertz CT molecular complexity index is 442. The first-order chi connectivity index (χ1) is 10.3. The van der Waals surface area contributed by atoms with Gasteiger partial charge in [-0.05, 0) is 37.8 Å². The van der Waals surface area contributed by atoms with Crippen molar-refractivity contribution in [3.8, 4) is 12.3 Å². The highest BCUT2D eigenvalue weighted by molar-refractivity contribution is 5.28. The van der Waals surface area contributed by atoms with Crippen molar-refractivity contribution in [2.24, 2.45) is 0 Å². The Morgan fingerprint density at radius 1 is 1.29 bits per heavy atom. The van der Waals surface area contributed by atoms with Crippen molar-refractivity contribution in [1.82, 2.24) is 5.32 Å². The Labute approximate surface area is 129 Å². The fourth-order valence-electron chi connectivity index (χ4n) is 3.46. The standard InChI is InChI=1S/C19H27NO/c1-3-5-11-18(20-14-4-2)19(12-15-21-16-13-19)17-9-7-6-8-10-17/h1,6-10,18,20H,4-5,11-16H2,2H3. The number of rotatable bonds is 7. The first kappa shape index (κ1) is 16.1. The number of nitrogens with one attached hydrogen (secondary N) is 1. The van der Waals surface area contributed by atoms with Crippen LogP contribution in [0, 0.1) is 12.3 Å². The molecule has 1 saturated heterocycles. The average Bonchev–Trinajstić information content (AvgIpc) is 2.56. The summed E-state index contributed by atoms with van der Waals surface area (Å²) in [5, 5.41) is 3.76. The minimum Gasteiger partial charge on any atom is -0.381 e. The van der Waals surface area contributed by atoms with E-state index in [0.717, 1.165) is 51.9 Å². The van der Waals surface area contributed by atoms with Crippen LogP contribution in [0.15, 0.2) is 30.3 Å². The van der Waals surface area contributed by atoms with Gasteiger partial charge in [-0.15, -0.1) is 12.3 Å². The van der Waals surface area contributed by atoms with E-state index in [1.165, 1.54) is 5.56 Å². The highest BCUT2D eigenvalue weighted by atomic mass is 16.5. The van der Waals surface area contributed by atoms with Crippen molar-refractivity contribution in [2.75, 3.05) is 19.8 Å². The van der Waals surface area contributed by atoms with Crippen LogP contribution in [0.3, 0.4) is 0 Å². The molecular formula is C19H27NO. The molecule has 1 fully saturated rings. The molecule has 1 heterocycles. The first-order valence-electron chi connectivity index (χ1n) is 8.13. The molecule has 1 aliphatic heterocycles. The minimum absolute atomic E-state index is 0.158. The number of ether oxygens (including phenoxy) is 1. The molecule has 0 aliphatic carbocycles. The quantitative estimate of drug-likeness (QED) is 0.774. The molecule has 0 bridgehead atoms. The summed E-state index contributed by atoms with van der Waals surface area (Å²) in [6, 6.07) is 11.3. The Hall–Kier alpha value is -1.30. The van der Waals surface area contributed by atoms with Crippen LogP contribution in [-0.2, 0) is 10.2 Å². The summed E-state index contributed by atoms with van der Waals surface area (Å²) in [5.74, 6) is 2.81. The molecule has 21 heavy (non-hydrogen) atoms. The van der Waals surface area contributed by atoms with Crippen LogP contribution < -0.4 is 5.32 Å². The molecule has 0 aromatic heterocycles. The Balaban J connectivity index is 2.29. The summed E-state index contributed by atoms with van der Waals surface area (Å²) in [7, 11) is 0. The molecule has 2 rings (SSSR count). The Kier molecular flexibility index (Phi) is 6.29. The third kappa shape index (κ3) is 3.87. The third-order valence-corrected chi connectivity index (χ3v) is 4.62.